The van der Waals surface area contributed by atoms with Crippen LogP contribution in [-0.4, -0.2) is 29.4 Å². The molecular formula is C8H14BrN3O2S. The second-order valence-corrected chi connectivity index (χ2v) is 6.09. The van der Waals surface area contributed by atoms with Crippen LogP contribution in [0.3, 0.4) is 0 Å². The summed E-state index contributed by atoms with van der Waals surface area (Å²) in [6.07, 6.45) is 2.13. The standard InChI is InChI=1S/C8H14BrN3O2S/c1-3-4-12-7(5-9)10-11-8(12)6-15(2,13)14/h3-6H2,1-2H3. The number of hydrogen-bond acceptors (Lipinski definition) is 4. The van der Waals surface area contributed by atoms with Crippen LogP contribution in [0.1, 0.15) is 25.0 Å². The van der Waals surface area contributed by atoms with Gasteiger partial charge in [0, 0.05) is 12.8 Å². The van der Waals surface area contributed by atoms with E-state index in [0.717, 1.165) is 18.8 Å². The molecule has 0 aliphatic carbocycles. The van der Waals surface area contributed by atoms with Crippen LogP contribution in [0.4, 0.5) is 0 Å². The van der Waals surface area contributed by atoms with Crippen molar-refractivity contribution in [2.24, 2.45) is 0 Å². The molecule has 0 saturated heterocycles. The summed E-state index contributed by atoms with van der Waals surface area (Å²) in [5.74, 6) is 1.25. The van der Waals surface area contributed by atoms with Crippen molar-refractivity contribution in [3.63, 3.8) is 0 Å². The first-order valence-electron chi connectivity index (χ1n) is 4.62. The zero-order valence-electron chi connectivity index (χ0n) is 8.77. The van der Waals surface area contributed by atoms with Crippen LogP contribution in [-0.2, 0) is 27.5 Å². The Hall–Kier alpha value is -0.430. The lowest BCUT2D eigenvalue weighted by Crippen LogP contribution is -2.11. The molecule has 0 spiro atoms. The topological polar surface area (TPSA) is 64.8 Å². The molecule has 15 heavy (non-hydrogen) atoms. The van der Waals surface area contributed by atoms with Crippen molar-refractivity contribution in [2.75, 3.05) is 6.26 Å². The third kappa shape index (κ3) is 3.57. The molecule has 0 aliphatic heterocycles. The molecule has 0 fully saturated rings. The maximum atomic E-state index is 11.2. The lowest BCUT2D eigenvalue weighted by molar-refractivity contribution is 0.591. The Labute approximate surface area is 97.9 Å². The van der Waals surface area contributed by atoms with E-state index in [9.17, 15) is 8.42 Å². The molecule has 0 unspecified atom stereocenters. The molecule has 0 N–H and O–H groups in total. The molecule has 0 bridgehead atoms. The summed E-state index contributed by atoms with van der Waals surface area (Å²) in [4.78, 5) is 0. The molecule has 0 saturated carbocycles. The van der Waals surface area contributed by atoms with Gasteiger partial charge in [0.1, 0.15) is 17.4 Å². The third-order valence-electron chi connectivity index (χ3n) is 1.86. The number of halogens is 1. The van der Waals surface area contributed by atoms with Gasteiger partial charge in [-0.1, -0.05) is 22.9 Å². The zero-order valence-corrected chi connectivity index (χ0v) is 11.2. The molecule has 0 amide bonds. The summed E-state index contributed by atoms with van der Waals surface area (Å²) < 4.78 is 24.2. The summed E-state index contributed by atoms with van der Waals surface area (Å²) in [7, 11) is -3.05. The van der Waals surface area contributed by atoms with Crippen molar-refractivity contribution in [3.8, 4) is 0 Å². The first-order valence-corrected chi connectivity index (χ1v) is 7.80. The molecule has 86 valence electrons. The van der Waals surface area contributed by atoms with Gasteiger partial charge in [-0.15, -0.1) is 10.2 Å². The molecule has 0 radical (unpaired) electrons. The number of rotatable bonds is 5. The molecule has 0 aliphatic rings. The second kappa shape index (κ2) is 5.07. The average Bonchev–Trinajstić information content (AvgIpc) is 2.47. The minimum Gasteiger partial charge on any atom is -0.313 e. The Morgan fingerprint density at radius 3 is 2.40 bits per heavy atom. The van der Waals surface area contributed by atoms with Crippen LogP contribution in [0.2, 0.25) is 0 Å². The number of nitrogens with zero attached hydrogens (tertiary/aromatic N) is 3. The maximum Gasteiger partial charge on any atom is 0.154 e. The van der Waals surface area contributed by atoms with Gasteiger partial charge in [0.15, 0.2) is 9.84 Å². The van der Waals surface area contributed by atoms with Crippen molar-refractivity contribution < 1.29 is 8.42 Å². The summed E-state index contributed by atoms with van der Waals surface area (Å²) in [5.41, 5.74) is 0. The summed E-state index contributed by atoms with van der Waals surface area (Å²) in [5, 5.41) is 8.42. The fraction of sp³-hybridized carbons (Fsp3) is 0.750. The van der Waals surface area contributed by atoms with Crippen LogP contribution in [0, 0.1) is 0 Å². The van der Waals surface area contributed by atoms with E-state index in [1.54, 1.807) is 0 Å². The van der Waals surface area contributed by atoms with Gasteiger partial charge in [-0.2, -0.15) is 0 Å². The van der Waals surface area contributed by atoms with E-state index in [-0.39, 0.29) is 5.75 Å². The molecule has 0 aromatic carbocycles. The lowest BCUT2D eigenvalue weighted by Gasteiger charge is -2.06. The molecule has 1 rings (SSSR count). The summed E-state index contributed by atoms with van der Waals surface area (Å²) >= 11 is 3.30. The van der Waals surface area contributed by atoms with Crippen molar-refractivity contribution >= 4 is 25.8 Å². The fourth-order valence-corrected chi connectivity index (χ4v) is 2.39. The van der Waals surface area contributed by atoms with Gasteiger partial charge in [0.2, 0.25) is 0 Å². The highest BCUT2D eigenvalue weighted by molar-refractivity contribution is 9.08. The van der Waals surface area contributed by atoms with E-state index in [0.29, 0.717) is 11.2 Å². The van der Waals surface area contributed by atoms with Crippen LogP contribution >= 0.6 is 15.9 Å². The summed E-state index contributed by atoms with van der Waals surface area (Å²) in [6.45, 7) is 2.78. The van der Waals surface area contributed by atoms with E-state index in [4.69, 9.17) is 0 Å². The average molecular weight is 296 g/mol. The van der Waals surface area contributed by atoms with Gasteiger partial charge in [0.25, 0.3) is 0 Å². The second-order valence-electron chi connectivity index (χ2n) is 3.39. The fourth-order valence-electron chi connectivity index (χ4n) is 1.29. The number of hydrogen-bond donors (Lipinski definition) is 0. The molecule has 5 nitrogen and oxygen atoms in total. The molecule has 0 atom stereocenters. The van der Waals surface area contributed by atoms with E-state index in [2.05, 4.69) is 26.1 Å². The van der Waals surface area contributed by atoms with E-state index in [1.807, 2.05) is 11.5 Å². The normalized spacial score (nSPS) is 11.9. The van der Waals surface area contributed by atoms with Gasteiger partial charge < -0.3 is 4.57 Å². The van der Waals surface area contributed by atoms with E-state index < -0.39 is 9.84 Å². The third-order valence-corrected chi connectivity index (χ3v) is 3.15. The minimum absolute atomic E-state index is 0.0486. The molecule has 1 aromatic rings. The SMILES string of the molecule is CCCn1c(CBr)nnc1CS(C)(=O)=O. The highest BCUT2D eigenvalue weighted by atomic mass is 79.9. The number of aromatic nitrogens is 3. The monoisotopic (exact) mass is 295 g/mol. The zero-order chi connectivity index (χ0) is 11.5. The van der Waals surface area contributed by atoms with Crippen LogP contribution in [0.5, 0.6) is 0 Å². The highest BCUT2D eigenvalue weighted by Gasteiger charge is 2.14. The van der Waals surface area contributed by atoms with Gasteiger partial charge in [-0.25, -0.2) is 8.42 Å². The predicted octanol–water partition coefficient (Wildman–Crippen LogP) is 1.13. The van der Waals surface area contributed by atoms with Gasteiger partial charge in [-0.05, 0) is 6.42 Å². The quantitative estimate of drug-likeness (QED) is 0.764. The molecule has 1 heterocycles. The number of alkyl halides is 1. The highest BCUT2D eigenvalue weighted by Crippen LogP contribution is 2.09. The number of sulfone groups is 1. The minimum atomic E-state index is -3.05. The van der Waals surface area contributed by atoms with Crippen LogP contribution in [0.25, 0.3) is 0 Å². The lowest BCUT2D eigenvalue weighted by atomic mass is 10.4. The Kier molecular flexibility index (Phi) is 4.27. The van der Waals surface area contributed by atoms with Gasteiger partial charge in [0.05, 0.1) is 5.33 Å². The van der Waals surface area contributed by atoms with Crippen LogP contribution in [0.15, 0.2) is 0 Å². The van der Waals surface area contributed by atoms with Crippen LogP contribution < -0.4 is 0 Å². The Balaban J connectivity index is 3.02. The van der Waals surface area contributed by atoms with Gasteiger partial charge in [-0.3, -0.25) is 0 Å². The smallest absolute Gasteiger partial charge is 0.154 e. The predicted molar refractivity (Wildman–Crippen MR) is 61.5 cm³/mol. The first kappa shape index (κ1) is 12.6. The Bertz CT molecular complexity index is 427. The first-order chi connectivity index (χ1) is 6.98. The van der Waals surface area contributed by atoms with Crippen molar-refractivity contribution in [1.82, 2.24) is 14.8 Å². The summed E-state index contributed by atoms with van der Waals surface area (Å²) in [6, 6.07) is 0. The Morgan fingerprint density at radius 1 is 1.33 bits per heavy atom. The van der Waals surface area contributed by atoms with Gasteiger partial charge >= 0.3 is 0 Å². The van der Waals surface area contributed by atoms with Crippen molar-refractivity contribution in [2.45, 2.75) is 31.0 Å². The Morgan fingerprint density at radius 2 is 1.93 bits per heavy atom. The van der Waals surface area contributed by atoms with E-state index >= 15 is 0 Å². The van der Waals surface area contributed by atoms with E-state index in [1.165, 1.54) is 6.26 Å². The van der Waals surface area contributed by atoms with Crippen molar-refractivity contribution in [3.05, 3.63) is 11.6 Å². The molecule has 1 aromatic heterocycles. The van der Waals surface area contributed by atoms with Crippen molar-refractivity contribution in [1.29, 1.82) is 0 Å². The molecular weight excluding hydrogens is 282 g/mol. The largest absolute Gasteiger partial charge is 0.313 e. The maximum absolute atomic E-state index is 11.2. The molecule has 7 heteroatoms.